The molecule has 136 valence electrons. The molecule has 5 rings (SSSR count). The highest BCUT2D eigenvalue weighted by Crippen LogP contribution is 2.36. The number of nitrogens with zero attached hydrogens (tertiary/aromatic N) is 2. The molecule has 2 aromatic carbocycles. The summed E-state index contributed by atoms with van der Waals surface area (Å²) in [5.74, 6) is 0.532. The number of aromatic nitrogens is 4. The van der Waals surface area contributed by atoms with E-state index in [1.807, 2.05) is 30.5 Å². The summed E-state index contributed by atoms with van der Waals surface area (Å²) in [6, 6.07) is 20.6. The van der Waals surface area contributed by atoms with Crippen LogP contribution in [-0.4, -0.2) is 20.2 Å². The van der Waals surface area contributed by atoms with E-state index in [2.05, 4.69) is 61.9 Å². The summed E-state index contributed by atoms with van der Waals surface area (Å²) in [4.78, 5) is 19.2. The molecule has 3 aromatic heterocycles. The van der Waals surface area contributed by atoms with Crippen LogP contribution in [0.4, 0.5) is 11.4 Å². The molecule has 6 nitrogen and oxygen atoms in total. The first-order valence-corrected chi connectivity index (χ1v) is 9.53. The van der Waals surface area contributed by atoms with Gasteiger partial charge in [0, 0.05) is 17.3 Å². The Labute approximate surface area is 163 Å². The van der Waals surface area contributed by atoms with Gasteiger partial charge in [0.25, 0.3) is 0 Å². The van der Waals surface area contributed by atoms with Crippen molar-refractivity contribution in [3.05, 3.63) is 83.5 Å². The Hall–Kier alpha value is -3.71. The summed E-state index contributed by atoms with van der Waals surface area (Å²) in [5.41, 5.74) is 3.93. The van der Waals surface area contributed by atoms with E-state index in [1.54, 1.807) is 6.20 Å². The quantitative estimate of drug-likeness (QED) is 0.415. The van der Waals surface area contributed by atoms with Gasteiger partial charge in [-0.2, -0.15) is 5.10 Å². The van der Waals surface area contributed by atoms with Gasteiger partial charge in [0.1, 0.15) is 0 Å². The van der Waals surface area contributed by atoms with Gasteiger partial charge in [0.2, 0.25) is 0 Å². The van der Waals surface area contributed by atoms with Crippen molar-refractivity contribution in [2.75, 3.05) is 5.32 Å². The van der Waals surface area contributed by atoms with Gasteiger partial charge in [-0.25, -0.2) is 9.89 Å². The lowest BCUT2D eigenvalue weighted by molar-refractivity contribution is 1.05. The second-order valence-electron chi connectivity index (χ2n) is 6.30. The molecule has 0 bridgehead atoms. The zero-order chi connectivity index (χ0) is 18.9. The van der Waals surface area contributed by atoms with E-state index in [0.29, 0.717) is 5.82 Å². The Morgan fingerprint density at radius 3 is 2.46 bits per heavy atom. The van der Waals surface area contributed by atoms with Crippen LogP contribution in [-0.2, 0) is 0 Å². The SMILES string of the molecule is O=c1[nH]nc(-c2cc3c(Nc4ccc(-c5ccccc5)cc4)cncc3s2)[nH]1. The van der Waals surface area contributed by atoms with Crippen molar-refractivity contribution < 1.29 is 0 Å². The van der Waals surface area contributed by atoms with E-state index in [1.165, 1.54) is 22.5 Å². The largest absolute Gasteiger partial charge is 0.354 e. The third kappa shape index (κ3) is 3.08. The molecular formula is C21H15N5OS. The Kier molecular flexibility index (Phi) is 3.99. The van der Waals surface area contributed by atoms with Crippen molar-refractivity contribution in [3.63, 3.8) is 0 Å². The minimum atomic E-state index is -0.317. The number of anilines is 2. The molecule has 0 aliphatic heterocycles. The van der Waals surface area contributed by atoms with Crippen LogP contribution in [0.25, 0.3) is 31.9 Å². The van der Waals surface area contributed by atoms with E-state index < -0.39 is 0 Å². The van der Waals surface area contributed by atoms with Crippen LogP contribution >= 0.6 is 11.3 Å². The molecule has 0 saturated heterocycles. The van der Waals surface area contributed by atoms with Gasteiger partial charge in [-0.05, 0) is 29.3 Å². The van der Waals surface area contributed by atoms with Crippen molar-refractivity contribution in [2.45, 2.75) is 0 Å². The first-order chi connectivity index (χ1) is 13.8. The van der Waals surface area contributed by atoms with Crippen LogP contribution in [0.15, 0.2) is 77.9 Å². The van der Waals surface area contributed by atoms with Gasteiger partial charge in [-0.3, -0.25) is 9.97 Å². The van der Waals surface area contributed by atoms with Crippen molar-refractivity contribution in [3.8, 4) is 21.8 Å². The third-order valence-corrected chi connectivity index (χ3v) is 5.53. The number of thiophene rings is 1. The van der Waals surface area contributed by atoms with Crippen LogP contribution in [0, 0.1) is 0 Å². The molecule has 28 heavy (non-hydrogen) atoms. The van der Waals surface area contributed by atoms with Crippen LogP contribution in [0.1, 0.15) is 0 Å². The predicted molar refractivity (Wildman–Crippen MR) is 113 cm³/mol. The summed E-state index contributed by atoms with van der Waals surface area (Å²) >= 11 is 1.53. The average molecular weight is 385 g/mol. The van der Waals surface area contributed by atoms with Crippen LogP contribution in [0.3, 0.4) is 0 Å². The fourth-order valence-electron chi connectivity index (χ4n) is 3.10. The number of aromatic amines is 2. The zero-order valence-corrected chi connectivity index (χ0v) is 15.5. The van der Waals surface area contributed by atoms with Gasteiger partial charge in [-0.15, -0.1) is 11.3 Å². The van der Waals surface area contributed by atoms with Crippen LogP contribution in [0.2, 0.25) is 0 Å². The summed E-state index contributed by atoms with van der Waals surface area (Å²) in [5, 5.41) is 10.9. The number of benzene rings is 2. The number of pyridine rings is 1. The Morgan fingerprint density at radius 1 is 0.929 bits per heavy atom. The number of nitrogens with one attached hydrogen (secondary N) is 3. The molecule has 3 N–H and O–H groups in total. The van der Waals surface area contributed by atoms with E-state index in [4.69, 9.17) is 0 Å². The number of fused-ring (bicyclic) bond motifs is 1. The Bertz CT molecular complexity index is 1300. The number of hydrogen-bond acceptors (Lipinski definition) is 5. The number of rotatable bonds is 4. The smallest absolute Gasteiger partial charge is 0.340 e. The Morgan fingerprint density at radius 2 is 1.71 bits per heavy atom. The molecule has 5 aromatic rings. The molecule has 0 radical (unpaired) electrons. The highest BCUT2D eigenvalue weighted by Gasteiger charge is 2.11. The first-order valence-electron chi connectivity index (χ1n) is 8.71. The maximum Gasteiger partial charge on any atom is 0.340 e. The standard InChI is InChI=1S/C21H15N5OS/c27-21-24-20(25-26-21)18-10-16-17(11-22-12-19(16)28-18)23-15-8-6-14(7-9-15)13-4-2-1-3-5-13/h1-12,23H,(H2,24,25,26,27). The van der Waals surface area contributed by atoms with Crippen LogP contribution in [0.5, 0.6) is 0 Å². The lowest BCUT2D eigenvalue weighted by Crippen LogP contribution is -2.00. The summed E-state index contributed by atoms with van der Waals surface area (Å²) < 4.78 is 1.02. The summed E-state index contributed by atoms with van der Waals surface area (Å²) in [7, 11) is 0. The van der Waals surface area contributed by atoms with Crippen molar-refractivity contribution in [1.82, 2.24) is 20.2 Å². The van der Waals surface area contributed by atoms with Crippen molar-refractivity contribution in [2.24, 2.45) is 0 Å². The fraction of sp³-hybridized carbons (Fsp3) is 0. The number of hydrogen-bond donors (Lipinski definition) is 3. The molecule has 0 saturated carbocycles. The van der Waals surface area contributed by atoms with E-state index in [-0.39, 0.29) is 5.69 Å². The third-order valence-electron chi connectivity index (χ3n) is 4.45. The highest BCUT2D eigenvalue weighted by molar-refractivity contribution is 7.22. The van der Waals surface area contributed by atoms with Crippen LogP contribution < -0.4 is 11.0 Å². The molecule has 0 spiro atoms. The maximum absolute atomic E-state index is 11.3. The fourth-order valence-corrected chi connectivity index (χ4v) is 4.10. The normalized spacial score (nSPS) is 11.0. The van der Waals surface area contributed by atoms with E-state index >= 15 is 0 Å². The minimum Gasteiger partial charge on any atom is -0.354 e. The lowest BCUT2D eigenvalue weighted by atomic mass is 10.1. The topological polar surface area (TPSA) is 86.5 Å². The summed E-state index contributed by atoms with van der Waals surface area (Å²) in [6.45, 7) is 0. The van der Waals surface area contributed by atoms with Gasteiger partial charge < -0.3 is 5.32 Å². The predicted octanol–water partition coefficient (Wildman–Crippen LogP) is 4.79. The second-order valence-corrected chi connectivity index (χ2v) is 7.39. The average Bonchev–Trinajstić information content (AvgIpc) is 3.36. The summed E-state index contributed by atoms with van der Waals surface area (Å²) in [6.07, 6.45) is 3.62. The Balaban J connectivity index is 1.46. The van der Waals surface area contributed by atoms with Crippen molar-refractivity contribution in [1.29, 1.82) is 0 Å². The molecule has 0 aliphatic rings. The van der Waals surface area contributed by atoms with E-state index in [0.717, 1.165) is 26.3 Å². The highest BCUT2D eigenvalue weighted by atomic mass is 32.1. The van der Waals surface area contributed by atoms with Crippen molar-refractivity contribution >= 4 is 32.8 Å². The van der Waals surface area contributed by atoms with Gasteiger partial charge in [0.15, 0.2) is 5.82 Å². The minimum absolute atomic E-state index is 0.317. The van der Waals surface area contributed by atoms with E-state index in [9.17, 15) is 4.79 Å². The molecule has 0 aliphatic carbocycles. The second kappa shape index (κ2) is 6.79. The zero-order valence-electron chi connectivity index (χ0n) is 14.6. The molecule has 0 amide bonds. The first kappa shape index (κ1) is 16.5. The number of H-pyrrole nitrogens is 2. The van der Waals surface area contributed by atoms with Gasteiger partial charge in [-0.1, -0.05) is 42.5 Å². The molecule has 7 heteroatoms. The molecule has 3 heterocycles. The molecular weight excluding hydrogens is 370 g/mol. The lowest BCUT2D eigenvalue weighted by Gasteiger charge is -2.08. The maximum atomic E-state index is 11.3. The molecule has 0 unspecified atom stereocenters. The monoisotopic (exact) mass is 385 g/mol. The molecule has 0 fully saturated rings. The van der Waals surface area contributed by atoms with Gasteiger partial charge in [0.05, 0.1) is 21.5 Å². The van der Waals surface area contributed by atoms with Gasteiger partial charge >= 0.3 is 5.69 Å². The molecule has 0 atom stereocenters.